The largest absolute Gasteiger partial charge is 0.465 e. The smallest absolute Gasteiger partial charge is 0.325 e. The lowest BCUT2D eigenvalue weighted by Crippen LogP contribution is -2.44. The summed E-state index contributed by atoms with van der Waals surface area (Å²) in [5.74, 6) is -0.447. The Kier molecular flexibility index (Phi) is 5.57. The van der Waals surface area contributed by atoms with Gasteiger partial charge < -0.3 is 19.5 Å². The molecule has 0 saturated heterocycles. The van der Waals surface area contributed by atoms with Crippen LogP contribution in [0.2, 0.25) is 0 Å². The number of carbonyl (C=O) groups is 2. The minimum Gasteiger partial charge on any atom is -0.465 e. The second kappa shape index (κ2) is 8.45. The summed E-state index contributed by atoms with van der Waals surface area (Å²) in [6.07, 6.45) is 2.03. The van der Waals surface area contributed by atoms with E-state index in [4.69, 9.17) is 4.74 Å². The van der Waals surface area contributed by atoms with Crippen molar-refractivity contribution < 1.29 is 14.3 Å². The van der Waals surface area contributed by atoms with Crippen LogP contribution >= 0.6 is 0 Å². The highest BCUT2D eigenvalue weighted by molar-refractivity contribution is 5.81. The fourth-order valence-electron chi connectivity index (χ4n) is 4.02. The molecular weight excluding hydrogens is 378 g/mol. The first-order valence-corrected chi connectivity index (χ1v) is 10.1. The molecule has 154 valence electrons. The fourth-order valence-corrected chi connectivity index (χ4v) is 4.02. The van der Waals surface area contributed by atoms with Gasteiger partial charge in [-0.25, -0.2) is 4.79 Å². The number of nitrogens with zero attached hydrogens (tertiary/aromatic N) is 2. The standard InChI is InChI=1S/C24H25N3O3/c1-3-30-22(28)15-25-24(29)27-16-18-10-5-7-12-20(18)26-14-8-13-21(26)23(27)19-11-6-4-9-17(19)2/h4-14,23H,3,15-16H2,1-2H3,(H,25,29). The summed E-state index contributed by atoms with van der Waals surface area (Å²) in [6.45, 7) is 4.34. The van der Waals surface area contributed by atoms with Gasteiger partial charge in [0.2, 0.25) is 0 Å². The number of urea groups is 1. The summed E-state index contributed by atoms with van der Waals surface area (Å²) in [4.78, 5) is 26.9. The second-order valence-corrected chi connectivity index (χ2v) is 7.28. The number of fused-ring (bicyclic) bond motifs is 3. The quantitative estimate of drug-likeness (QED) is 0.671. The maximum absolute atomic E-state index is 13.3. The van der Waals surface area contributed by atoms with Crippen molar-refractivity contribution >= 4 is 12.0 Å². The van der Waals surface area contributed by atoms with E-state index in [1.54, 1.807) is 11.8 Å². The van der Waals surface area contributed by atoms with Gasteiger partial charge in [0.05, 0.1) is 18.8 Å². The molecule has 30 heavy (non-hydrogen) atoms. The van der Waals surface area contributed by atoms with E-state index in [9.17, 15) is 9.59 Å². The number of ether oxygens (including phenoxy) is 1. The molecule has 0 bridgehead atoms. The van der Waals surface area contributed by atoms with Gasteiger partial charge in [0.15, 0.2) is 0 Å². The van der Waals surface area contributed by atoms with Crippen molar-refractivity contribution in [2.75, 3.05) is 13.2 Å². The van der Waals surface area contributed by atoms with E-state index in [0.717, 1.165) is 28.1 Å². The van der Waals surface area contributed by atoms with Gasteiger partial charge >= 0.3 is 12.0 Å². The van der Waals surface area contributed by atoms with Gasteiger partial charge in [0.1, 0.15) is 12.6 Å². The van der Waals surface area contributed by atoms with Gasteiger partial charge in [0.25, 0.3) is 0 Å². The average Bonchev–Trinajstić information content (AvgIpc) is 3.18. The van der Waals surface area contributed by atoms with E-state index < -0.39 is 5.97 Å². The van der Waals surface area contributed by atoms with Crippen LogP contribution in [0.25, 0.3) is 5.69 Å². The molecule has 2 aromatic carbocycles. The highest BCUT2D eigenvalue weighted by Crippen LogP contribution is 2.37. The first kappa shape index (κ1) is 19.8. The number of para-hydroxylation sites is 1. The lowest BCUT2D eigenvalue weighted by molar-refractivity contribution is -0.141. The molecule has 1 N–H and O–H groups in total. The number of rotatable bonds is 4. The summed E-state index contributed by atoms with van der Waals surface area (Å²) in [6, 6.07) is 19.6. The van der Waals surface area contributed by atoms with Crippen LogP contribution in [-0.2, 0) is 16.1 Å². The molecule has 0 aliphatic carbocycles. The first-order valence-electron chi connectivity index (χ1n) is 10.1. The van der Waals surface area contributed by atoms with E-state index in [-0.39, 0.29) is 25.2 Å². The van der Waals surface area contributed by atoms with Gasteiger partial charge in [-0.3, -0.25) is 4.79 Å². The van der Waals surface area contributed by atoms with Crippen LogP contribution in [0.4, 0.5) is 4.79 Å². The molecule has 0 radical (unpaired) electrons. The Morgan fingerprint density at radius 1 is 1.07 bits per heavy atom. The molecule has 1 aliphatic heterocycles. The highest BCUT2D eigenvalue weighted by Gasteiger charge is 2.33. The Hall–Kier alpha value is -3.54. The maximum atomic E-state index is 13.3. The van der Waals surface area contributed by atoms with Gasteiger partial charge in [0, 0.05) is 11.9 Å². The van der Waals surface area contributed by atoms with Gasteiger partial charge in [-0.05, 0) is 48.7 Å². The molecule has 0 fully saturated rings. The molecule has 1 aliphatic rings. The fraction of sp³-hybridized carbons (Fsp3) is 0.250. The number of amides is 2. The number of hydrogen-bond acceptors (Lipinski definition) is 3. The van der Waals surface area contributed by atoms with Crippen molar-refractivity contribution in [3.8, 4) is 5.69 Å². The van der Waals surface area contributed by atoms with Crippen LogP contribution in [0.1, 0.15) is 35.3 Å². The molecule has 0 spiro atoms. The third kappa shape index (κ3) is 3.68. The summed E-state index contributed by atoms with van der Waals surface area (Å²) in [7, 11) is 0. The number of carbonyl (C=O) groups excluding carboxylic acids is 2. The predicted molar refractivity (Wildman–Crippen MR) is 114 cm³/mol. The zero-order valence-electron chi connectivity index (χ0n) is 17.2. The third-order valence-corrected chi connectivity index (χ3v) is 5.40. The molecule has 1 unspecified atom stereocenters. The summed E-state index contributed by atoms with van der Waals surface area (Å²) >= 11 is 0. The topological polar surface area (TPSA) is 63.6 Å². The normalized spacial score (nSPS) is 15.0. The van der Waals surface area contributed by atoms with Crippen molar-refractivity contribution in [3.05, 3.63) is 89.2 Å². The Labute approximate surface area is 176 Å². The Morgan fingerprint density at radius 3 is 2.63 bits per heavy atom. The van der Waals surface area contributed by atoms with Crippen LogP contribution in [0.5, 0.6) is 0 Å². The molecule has 4 rings (SSSR count). The minimum atomic E-state index is -0.447. The maximum Gasteiger partial charge on any atom is 0.325 e. The third-order valence-electron chi connectivity index (χ3n) is 5.40. The molecule has 6 nitrogen and oxygen atoms in total. The molecule has 0 saturated carbocycles. The SMILES string of the molecule is CCOC(=O)CNC(=O)N1Cc2ccccc2-n2cccc2C1c1ccccc1C. The highest BCUT2D eigenvalue weighted by atomic mass is 16.5. The number of nitrogens with one attached hydrogen (secondary N) is 1. The predicted octanol–water partition coefficient (Wildman–Crippen LogP) is 3.96. The van der Waals surface area contributed by atoms with E-state index >= 15 is 0 Å². The Balaban J connectivity index is 1.79. The lowest BCUT2D eigenvalue weighted by atomic mass is 9.97. The minimum absolute atomic E-state index is 0.160. The number of aromatic nitrogens is 1. The van der Waals surface area contributed by atoms with Crippen molar-refractivity contribution in [1.29, 1.82) is 0 Å². The van der Waals surface area contributed by atoms with Gasteiger partial charge in [-0.15, -0.1) is 0 Å². The van der Waals surface area contributed by atoms with Crippen LogP contribution in [0.3, 0.4) is 0 Å². The molecule has 2 heterocycles. The number of aryl methyl sites for hydroxylation is 1. The van der Waals surface area contributed by atoms with E-state index in [2.05, 4.69) is 35.0 Å². The van der Waals surface area contributed by atoms with Crippen molar-refractivity contribution in [2.45, 2.75) is 26.4 Å². The lowest BCUT2D eigenvalue weighted by Gasteiger charge is -2.31. The first-order chi connectivity index (χ1) is 14.6. The van der Waals surface area contributed by atoms with Crippen molar-refractivity contribution in [3.63, 3.8) is 0 Å². The number of hydrogen-bond donors (Lipinski definition) is 1. The Morgan fingerprint density at radius 2 is 1.83 bits per heavy atom. The monoisotopic (exact) mass is 403 g/mol. The van der Waals surface area contributed by atoms with E-state index in [1.165, 1.54) is 0 Å². The zero-order chi connectivity index (χ0) is 21.1. The van der Waals surface area contributed by atoms with Crippen molar-refractivity contribution in [2.24, 2.45) is 0 Å². The van der Waals surface area contributed by atoms with Crippen molar-refractivity contribution in [1.82, 2.24) is 14.8 Å². The number of benzene rings is 2. The molecule has 2 amide bonds. The molecule has 1 atom stereocenters. The second-order valence-electron chi connectivity index (χ2n) is 7.28. The van der Waals surface area contributed by atoms with Gasteiger partial charge in [-0.2, -0.15) is 0 Å². The number of esters is 1. The Bertz CT molecular complexity index is 1070. The molecule has 6 heteroatoms. The molecular formula is C24H25N3O3. The average molecular weight is 403 g/mol. The summed E-state index contributed by atoms with van der Waals surface area (Å²) in [5, 5.41) is 2.74. The van der Waals surface area contributed by atoms with Crippen LogP contribution < -0.4 is 5.32 Å². The van der Waals surface area contributed by atoms with Crippen LogP contribution in [0.15, 0.2) is 66.9 Å². The zero-order valence-corrected chi connectivity index (χ0v) is 17.2. The summed E-state index contributed by atoms with van der Waals surface area (Å²) in [5.41, 5.74) is 5.25. The van der Waals surface area contributed by atoms with E-state index in [0.29, 0.717) is 6.54 Å². The van der Waals surface area contributed by atoms with E-state index in [1.807, 2.05) is 48.7 Å². The van der Waals surface area contributed by atoms with Crippen LogP contribution in [-0.4, -0.2) is 34.6 Å². The molecule has 1 aromatic heterocycles. The summed E-state index contributed by atoms with van der Waals surface area (Å²) < 4.78 is 7.10. The van der Waals surface area contributed by atoms with Crippen LogP contribution in [0, 0.1) is 6.92 Å². The van der Waals surface area contributed by atoms with Gasteiger partial charge in [-0.1, -0.05) is 42.5 Å². The molecule has 3 aromatic rings.